The third-order valence-corrected chi connectivity index (χ3v) is 5.11. The molecular formula is C10H15ClN2S2. The Kier molecular flexibility index (Phi) is 4.17. The Balaban J connectivity index is 1.99. The molecule has 0 radical (unpaired) electrons. The van der Waals surface area contributed by atoms with Crippen LogP contribution in [0.5, 0.6) is 0 Å². The maximum Gasteiger partial charge on any atom is 0.186 e. The molecule has 0 N–H and O–H groups in total. The minimum atomic E-state index is 0.626. The SMILES string of the molecule is CSC1CCCN(c2nc(Cl)cs2)CC1. The molecule has 1 saturated heterocycles. The van der Waals surface area contributed by atoms with Crippen LogP contribution in [0.25, 0.3) is 0 Å². The number of rotatable bonds is 2. The number of thiazole rings is 1. The van der Waals surface area contributed by atoms with E-state index in [1.54, 1.807) is 11.3 Å². The summed E-state index contributed by atoms with van der Waals surface area (Å²) < 4.78 is 0. The lowest BCUT2D eigenvalue weighted by Crippen LogP contribution is -2.24. The second-order valence-electron chi connectivity index (χ2n) is 3.73. The summed E-state index contributed by atoms with van der Waals surface area (Å²) >= 11 is 9.49. The maximum absolute atomic E-state index is 5.84. The number of nitrogens with zero attached hydrogens (tertiary/aromatic N) is 2. The lowest BCUT2D eigenvalue weighted by molar-refractivity contribution is 0.745. The first-order valence-electron chi connectivity index (χ1n) is 5.18. The van der Waals surface area contributed by atoms with E-state index in [4.69, 9.17) is 11.6 Å². The molecule has 0 saturated carbocycles. The number of halogens is 1. The third kappa shape index (κ3) is 3.02. The molecule has 15 heavy (non-hydrogen) atoms. The summed E-state index contributed by atoms with van der Waals surface area (Å²) in [5.41, 5.74) is 0. The zero-order valence-corrected chi connectivity index (χ0v) is 11.2. The van der Waals surface area contributed by atoms with Crippen LogP contribution in [0.1, 0.15) is 19.3 Å². The molecule has 2 rings (SSSR count). The Morgan fingerprint density at radius 3 is 3.07 bits per heavy atom. The first-order chi connectivity index (χ1) is 7.29. The van der Waals surface area contributed by atoms with Crippen LogP contribution in [0.3, 0.4) is 0 Å². The lowest BCUT2D eigenvalue weighted by Gasteiger charge is -2.18. The van der Waals surface area contributed by atoms with Crippen LogP contribution in [-0.4, -0.2) is 29.6 Å². The number of aromatic nitrogens is 1. The van der Waals surface area contributed by atoms with Crippen molar-refractivity contribution in [1.82, 2.24) is 4.98 Å². The summed E-state index contributed by atoms with van der Waals surface area (Å²) in [7, 11) is 0. The summed E-state index contributed by atoms with van der Waals surface area (Å²) in [6.07, 6.45) is 6.07. The molecular weight excluding hydrogens is 248 g/mol. The minimum Gasteiger partial charge on any atom is -0.348 e. The van der Waals surface area contributed by atoms with Gasteiger partial charge in [-0.1, -0.05) is 11.6 Å². The van der Waals surface area contributed by atoms with Gasteiger partial charge in [-0.3, -0.25) is 0 Å². The molecule has 5 heteroatoms. The van der Waals surface area contributed by atoms with Gasteiger partial charge in [-0.05, 0) is 25.5 Å². The molecule has 1 aliphatic heterocycles. The van der Waals surface area contributed by atoms with Gasteiger partial charge in [-0.2, -0.15) is 11.8 Å². The van der Waals surface area contributed by atoms with Crippen molar-refractivity contribution in [2.45, 2.75) is 24.5 Å². The van der Waals surface area contributed by atoms with Crippen LogP contribution in [0.15, 0.2) is 5.38 Å². The molecule has 0 spiro atoms. The number of anilines is 1. The molecule has 1 aromatic heterocycles. The van der Waals surface area contributed by atoms with Crippen LogP contribution in [0.2, 0.25) is 5.15 Å². The van der Waals surface area contributed by atoms with Gasteiger partial charge in [0.2, 0.25) is 0 Å². The summed E-state index contributed by atoms with van der Waals surface area (Å²) in [6, 6.07) is 0. The highest BCUT2D eigenvalue weighted by atomic mass is 35.5. The molecule has 2 nitrogen and oxygen atoms in total. The highest BCUT2D eigenvalue weighted by Gasteiger charge is 2.18. The second-order valence-corrected chi connectivity index (χ2v) is 6.09. The van der Waals surface area contributed by atoms with E-state index in [1.165, 1.54) is 19.3 Å². The van der Waals surface area contributed by atoms with Crippen LogP contribution < -0.4 is 4.90 Å². The quantitative estimate of drug-likeness (QED) is 0.811. The van der Waals surface area contributed by atoms with Gasteiger partial charge >= 0.3 is 0 Å². The monoisotopic (exact) mass is 262 g/mol. The highest BCUT2D eigenvalue weighted by Crippen LogP contribution is 2.28. The van der Waals surface area contributed by atoms with E-state index in [-0.39, 0.29) is 0 Å². The summed E-state index contributed by atoms with van der Waals surface area (Å²) in [6.45, 7) is 2.25. The molecule has 0 aromatic carbocycles. The average molecular weight is 263 g/mol. The Bertz CT molecular complexity index is 316. The molecule has 2 heterocycles. The summed E-state index contributed by atoms with van der Waals surface area (Å²) in [5.74, 6) is 0. The molecule has 84 valence electrons. The van der Waals surface area contributed by atoms with Crippen LogP contribution in [0, 0.1) is 0 Å². The smallest absolute Gasteiger partial charge is 0.186 e. The van der Waals surface area contributed by atoms with Gasteiger partial charge in [-0.15, -0.1) is 11.3 Å². The standard InChI is InChI=1S/C10H15ClN2S2/c1-14-8-3-2-5-13(6-4-8)10-12-9(11)7-15-10/h7-8H,2-6H2,1H3. The fraction of sp³-hybridized carbons (Fsp3) is 0.700. The Morgan fingerprint density at radius 1 is 1.53 bits per heavy atom. The molecule has 1 unspecified atom stereocenters. The van der Waals surface area contributed by atoms with Crippen LogP contribution in [0.4, 0.5) is 5.13 Å². The molecule has 0 amide bonds. The zero-order valence-electron chi connectivity index (χ0n) is 8.78. The van der Waals surface area contributed by atoms with Crippen molar-refractivity contribution in [3.63, 3.8) is 0 Å². The van der Waals surface area contributed by atoms with Gasteiger partial charge in [0, 0.05) is 23.7 Å². The number of hydrogen-bond donors (Lipinski definition) is 0. The average Bonchev–Trinajstić information content (AvgIpc) is 2.54. The van der Waals surface area contributed by atoms with Gasteiger partial charge in [-0.25, -0.2) is 4.98 Å². The Morgan fingerprint density at radius 2 is 2.40 bits per heavy atom. The van der Waals surface area contributed by atoms with Gasteiger partial charge < -0.3 is 4.90 Å². The molecule has 1 aliphatic rings. The van der Waals surface area contributed by atoms with Crippen LogP contribution >= 0.6 is 34.7 Å². The third-order valence-electron chi connectivity index (χ3n) is 2.74. The topological polar surface area (TPSA) is 16.1 Å². The first-order valence-corrected chi connectivity index (χ1v) is 7.73. The van der Waals surface area contributed by atoms with E-state index in [1.807, 2.05) is 17.1 Å². The fourth-order valence-electron chi connectivity index (χ4n) is 1.88. The summed E-state index contributed by atoms with van der Waals surface area (Å²) in [5, 5.41) is 4.45. The first kappa shape index (κ1) is 11.6. The van der Waals surface area contributed by atoms with E-state index < -0.39 is 0 Å². The molecule has 0 bridgehead atoms. The predicted molar refractivity (Wildman–Crippen MR) is 70.5 cm³/mol. The Labute approximate surface area is 104 Å². The minimum absolute atomic E-state index is 0.626. The van der Waals surface area contributed by atoms with Gasteiger partial charge in [0.25, 0.3) is 0 Å². The van der Waals surface area contributed by atoms with Crippen molar-refractivity contribution < 1.29 is 0 Å². The van der Waals surface area contributed by atoms with Crippen molar-refractivity contribution in [3.8, 4) is 0 Å². The Hall–Kier alpha value is 0.0700. The fourth-order valence-corrected chi connectivity index (χ4v) is 3.63. The molecule has 1 aromatic rings. The van der Waals surface area contributed by atoms with Crippen molar-refractivity contribution in [3.05, 3.63) is 10.5 Å². The van der Waals surface area contributed by atoms with E-state index in [0.717, 1.165) is 23.5 Å². The number of thioether (sulfide) groups is 1. The van der Waals surface area contributed by atoms with Crippen molar-refractivity contribution in [1.29, 1.82) is 0 Å². The molecule has 1 atom stereocenters. The normalized spacial score (nSPS) is 22.8. The van der Waals surface area contributed by atoms with Crippen molar-refractivity contribution in [2.24, 2.45) is 0 Å². The number of hydrogen-bond acceptors (Lipinski definition) is 4. The zero-order chi connectivity index (χ0) is 10.7. The van der Waals surface area contributed by atoms with E-state index in [0.29, 0.717) is 5.15 Å². The maximum atomic E-state index is 5.84. The van der Waals surface area contributed by atoms with Gasteiger partial charge in [0.05, 0.1) is 0 Å². The van der Waals surface area contributed by atoms with E-state index in [2.05, 4.69) is 16.1 Å². The van der Waals surface area contributed by atoms with E-state index >= 15 is 0 Å². The van der Waals surface area contributed by atoms with E-state index in [9.17, 15) is 0 Å². The van der Waals surface area contributed by atoms with Crippen molar-refractivity contribution in [2.75, 3.05) is 24.2 Å². The lowest BCUT2D eigenvalue weighted by atomic mass is 10.2. The molecule has 0 aliphatic carbocycles. The predicted octanol–water partition coefficient (Wildman–Crippen LogP) is 3.52. The highest BCUT2D eigenvalue weighted by molar-refractivity contribution is 7.99. The second kappa shape index (κ2) is 5.41. The van der Waals surface area contributed by atoms with Gasteiger partial charge in [0.1, 0.15) is 5.15 Å². The van der Waals surface area contributed by atoms with Gasteiger partial charge in [0.15, 0.2) is 5.13 Å². The molecule has 1 fully saturated rings. The summed E-state index contributed by atoms with van der Waals surface area (Å²) in [4.78, 5) is 6.70. The van der Waals surface area contributed by atoms with Crippen molar-refractivity contribution >= 4 is 39.8 Å². The largest absolute Gasteiger partial charge is 0.348 e. The van der Waals surface area contributed by atoms with Crippen LogP contribution in [-0.2, 0) is 0 Å².